The van der Waals surface area contributed by atoms with Crippen LogP contribution in [0.1, 0.15) is 33.4 Å². The molecule has 3 atom stereocenters. The quantitative estimate of drug-likeness (QED) is 0.388. The summed E-state index contributed by atoms with van der Waals surface area (Å²) in [5, 5.41) is 0. The van der Waals surface area contributed by atoms with Gasteiger partial charge >= 0.3 is 11.9 Å². The lowest BCUT2D eigenvalue weighted by Crippen LogP contribution is -2.28. The molecule has 9 heteroatoms. The first-order valence-electron chi connectivity index (χ1n) is 10.9. The summed E-state index contributed by atoms with van der Waals surface area (Å²) in [6.07, 6.45) is 4.39. The molecule has 0 aliphatic carbocycles. The van der Waals surface area contributed by atoms with Crippen molar-refractivity contribution >= 4 is 23.1 Å². The van der Waals surface area contributed by atoms with Crippen LogP contribution < -0.4 is 0 Å². The molecular weight excluding hydrogens is 436 g/mol. The van der Waals surface area contributed by atoms with Crippen molar-refractivity contribution in [1.29, 1.82) is 0 Å². The van der Waals surface area contributed by atoms with Gasteiger partial charge in [-0.25, -0.2) is 24.5 Å². The van der Waals surface area contributed by atoms with Crippen LogP contribution in [0.15, 0.2) is 79.5 Å². The van der Waals surface area contributed by atoms with E-state index in [9.17, 15) is 9.59 Å². The molecule has 1 aliphatic rings. The molecule has 172 valence electrons. The Morgan fingerprint density at radius 3 is 2.24 bits per heavy atom. The van der Waals surface area contributed by atoms with Gasteiger partial charge < -0.3 is 14.2 Å². The molecule has 0 N–H and O–H groups in total. The highest BCUT2D eigenvalue weighted by Crippen LogP contribution is 2.35. The van der Waals surface area contributed by atoms with E-state index in [0.717, 1.165) is 0 Å². The molecular formula is C25H22N4O5. The standard InChI is InChI=1S/C25H22N4O5/c30-24(17-7-3-1-4-8-17)32-13-19-11-22(29-16-28-20-12-26-15-27-23(20)29)34-21(19)14-33-25(31)18-9-5-2-6-10-18/h1-10,12,15-16,19,21-22H,11,13-14H2/t19-,21-,22?/m1/s1. The minimum Gasteiger partial charge on any atom is -0.462 e. The number of fused-ring (bicyclic) bond motifs is 1. The van der Waals surface area contributed by atoms with Crippen LogP contribution in [-0.4, -0.2) is 50.8 Å². The van der Waals surface area contributed by atoms with Gasteiger partial charge in [-0.1, -0.05) is 36.4 Å². The van der Waals surface area contributed by atoms with Gasteiger partial charge in [0.15, 0.2) is 5.65 Å². The number of imidazole rings is 1. The zero-order valence-corrected chi connectivity index (χ0v) is 18.2. The topological polar surface area (TPSA) is 105 Å². The Balaban J connectivity index is 1.30. The van der Waals surface area contributed by atoms with Gasteiger partial charge in [-0.2, -0.15) is 0 Å². The monoisotopic (exact) mass is 458 g/mol. The lowest BCUT2D eigenvalue weighted by molar-refractivity contribution is -0.0438. The number of ether oxygens (including phenoxy) is 3. The van der Waals surface area contributed by atoms with Crippen LogP contribution in [0.2, 0.25) is 0 Å². The smallest absolute Gasteiger partial charge is 0.338 e. The van der Waals surface area contributed by atoms with Gasteiger partial charge in [-0.05, 0) is 24.3 Å². The maximum absolute atomic E-state index is 12.5. The third-order valence-corrected chi connectivity index (χ3v) is 5.74. The van der Waals surface area contributed by atoms with E-state index < -0.39 is 24.3 Å². The first-order chi connectivity index (χ1) is 16.7. The molecule has 1 fully saturated rings. The van der Waals surface area contributed by atoms with Crippen molar-refractivity contribution in [3.05, 3.63) is 90.6 Å². The molecule has 1 saturated heterocycles. The number of rotatable bonds is 7. The van der Waals surface area contributed by atoms with Gasteiger partial charge in [0.05, 0.1) is 30.3 Å². The number of nitrogens with zero attached hydrogens (tertiary/aromatic N) is 4. The Bertz CT molecular complexity index is 1210. The summed E-state index contributed by atoms with van der Waals surface area (Å²) < 4.78 is 19.2. The Morgan fingerprint density at radius 2 is 1.56 bits per heavy atom. The fourth-order valence-electron chi connectivity index (χ4n) is 3.96. The van der Waals surface area contributed by atoms with Gasteiger partial charge in [-0.15, -0.1) is 0 Å². The lowest BCUT2D eigenvalue weighted by Gasteiger charge is -2.18. The zero-order valence-electron chi connectivity index (χ0n) is 18.2. The first-order valence-corrected chi connectivity index (χ1v) is 10.9. The van der Waals surface area contributed by atoms with Crippen LogP contribution in [0.4, 0.5) is 0 Å². The summed E-state index contributed by atoms with van der Waals surface area (Å²) in [6.45, 7) is 0.152. The third kappa shape index (κ3) is 4.65. The molecule has 34 heavy (non-hydrogen) atoms. The number of carbonyl (C=O) groups is 2. The maximum atomic E-state index is 12.5. The van der Waals surface area contributed by atoms with Crippen LogP contribution >= 0.6 is 0 Å². The van der Waals surface area contributed by atoms with E-state index in [2.05, 4.69) is 15.0 Å². The van der Waals surface area contributed by atoms with Gasteiger partial charge in [0.25, 0.3) is 0 Å². The summed E-state index contributed by atoms with van der Waals surface area (Å²) in [6, 6.07) is 17.6. The minimum absolute atomic E-state index is 0.0272. The number of aromatic nitrogens is 4. The van der Waals surface area contributed by atoms with Crippen LogP contribution in [0.3, 0.4) is 0 Å². The van der Waals surface area contributed by atoms with Crippen molar-refractivity contribution in [1.82, 2.24) is 19.5 Å². The Hall–Kier alpha value is -4.11. The van der Waals surface area contributed by atoms with Crippen LogP contribution in [0.25, 0.3) is 11.2 Å². The van der Waals surface area contributed by atoms with Crippen molar-refractivity contribution in [2.75, 3.05) is 13.2 Å². The highest BCUT2D eigenvalue weighted by Gasteiger charge is 2.38. The zero-order chi connectivity index (χ0) is 23.3. The minimum atomic E-state index is -0.472. The fraction of sp³-hybridized carbons (Fsp3) is 0.240. The van der Waals surface area contributed by atoms with E-state index in [1.807, 2.05) is 16.7 Å². The molecule has 2 aromatic carbocycles. The van der Waals surface area contributed by atoms with Crippen molar-refractivity contribution in [3.63, 3.8) is 0 Å². The second kappa shape index (κ2) is 9.80. The van der Waals surface area contributed by atoms with E-state index in [0.29, 0.717) is 28.7 Å². The summed E-state index contributed by atoms with van der Waals surface area (Å²) in [5.41, 5.74) is 2.22. The lowest BCUT2D eigenvalue weighted by atomic mass is 10.0. The van der Waals surface area contributed by atoms with E-state index >= 15 is 0 Å². The summed E-state index contributed by atoms with van der Waals surface area (Å²) in [4.78, 5) is 37.5. The molecule has 1 unspecified atom stereocenters. The predicted octanol–water partition coefficient (Wildman–Crippen LogP) is 3.44. The number of hydrogen-bond donors (Lipinski definition) is 0. The number of hydrogen-bond acceptors (Lipinski definition) is 8. The third-order valence-electron chi connectivity index (χ3n) is 5.74. The molecule has 3 heterocycles. The molecule has 0 radical (unpaired) electrons. The maximum Gasteiger partial charge on any atom is 0.338 e. The molecule has 4 aromatic rings. The second-order valence-electron chi connectivity index (χ2n) is 7.94. The molecule has 0 bridgehead atoms. The summed E-state index contributed by atoms with van der Waals surface area (Å²) >= 11 is 0. The Morgan fingerprint density at radius 1 is 0.912 bits per heavy atom. The average Bonchev–Trinajstić information content (AvgIpc) is 3.50. The predicted molar refractivity (Wildman–Crippen MR) is 121 cm³/mol. The summed E-state index contributed by atoms with van der Waals surface area (Å²) in [5.74, 6) is -1.04. The Labute approximate surface area is 195 Å². The molecule has 0 spiro atoms. The molecule has 2 aromatic heterocycles. The van der Waals surface area contributed by atoms with E-state index in [1.165, 1.54) is 6.33 Å². The van der Waals surface area contributed by atoms with Crippen LogP contribution in [0.5, 0.6) is 0 Å². The Kier molecular flexibility index (Phi) is 6.26. The van der Waals surface area contributed by atoms with E-state index in [1.54, 1.807) is 61.1 Å². The normalized spacial score (nSPS) is 19.7. The van der Waals surface area contributed by atoms with Crippen molar-refractivity contribution < 1.29 is 23.8 Å². The van der Waals surface area contributed by atoms with E-state index in [-0.39, 0.29) is 19.1 Å². The average molecular weight is 458 g/mol. The first kappa shape index (κ1) is 21.7. The van der Waals surface area contributed by atoms with Crippen molar-refractivity contribution in [2.45, 2.75) is 18.8 Å². The van der Waals surface area contributed by atoms with Crippen LogP contribution in [-0.2, 0) is 14.2 Å². The number of benzene rings is 2. The highest BCUT2D eigenvalue weighted by atomic mass is 16.6. The van der Waals surface area contributed by atoms with Crippen molar-refractivity contribution in [3.8, 4) is 0 Å². The molecule has 0 saturated carbocycles. The second-order valence-corrected chi connectivity index (χ2v) is 7.94. The molecule has 1 aliphatic heterocycles. The molecule has 0 amide bonds. The van der Waals surface area contributed by atoms with Gasteiger partial charge in [0.1, 0.15) is 30.8 Å². The SMILES string of the molecule is O=C(OC[C@H]1CC(n2cnc3cncnc32)O[C@@H]1COC(=O)c1ccccc1)c1ccccc1. The van der Waals surface area contributed by atoms with Crippen LogP contribution in [0, 0.1) is 5.92 Å². The molecule has 5 rings (SSSR count). The molecule has 9 nitrogen and oxygen atoms in total. The van der Waals surface area contributed by atoms with E-state index in [4.69, 9.17) is 14.2 Å². The highest BCUT2D eigenvalue weighted by molar-refractivity contribution is 5.89. The number of esters is 2. The van der Waals surface area contributed by atoms with Gasteiger partial charge in [0, 0.05) is 12.3 Å². The van der Waals surface area contributed by atoms with Gasteiger partial charge in [-0.3, -0.25) is 4.57 Å². The largest absolute Gasteiger partial charge is 0.462 e. The summed E-state index contributed by atoms with van der Waals surface area (Å²) in [7, 11) is 0. The number of carbonyl (C=O) groups excluding carboxylic acids is 2. The fourth-order valence-corrected chi connectivity index (χ4v) is 3.96. The van der Waals surface area contributed by atoms with Gasteiger partial charge in [0.2, 0.25) is 0 Å². The van der Waals surface area contributed by atoms with Crippen molar-refractivity contribution in [2.24, 2.45) is 5.92 Å².